The maximum absolute atomic E-state index is 9.40. The summed E-state index contributed by atoms with van der Waals surface area (Å²) in [6, 6.07) is 1.55. The first-order valence-corrected chi connectivity index (χ1v) is 3.85. The van der Waals surface area contributed by atoms with Crippen molar-refractivity contribution in [1.82, 2.24) is 0 Å². The molecule has 0 radical (unpaired) electrons. The number of ether oxygens (including phenoxy) is 2. The first-order valence-electron chi connectivity index (χ1n) is 3.48. The first kappa shape index (κ1) is 7.55. The summed E-state index contributed by atoms with van der Waals surface area (Å²) in [7, 11) is 0. The highest BCUT2D eigenvalue weighted by molar-refractivity contribution is 6.32. The maximum atomic E-state index is 9.40. The molecule has 1 heterocycles. The summed E-state index contributed by atoms with van der Waals surface area (Å²) in [5, 5.41) is 9.69. The van der Waals surface area contributed by atoms with Gasteiger partial charge in [0.15, 0.2) is 11.5 Å². The fraction of sp³-hybridized carbons (Fsp3) is 0.250. The Hall–Kier alpha value is -1.09. The molecule has 0 saturated carbocycles. The van der Waals surface area contributed by atoms with Gasteiger partial charge in [0.25, 0.3) is 0 Å². The van der Waals surface area contributed by atoms with Gasteiger partial charge in [-0.2, -0.15) is 0 Å². The summed E-state index contributed by atoms with van der Waals surface area (Å²) in [6.07, 6.45) is 0. The van der Waals surface area contributed by atoms with Crippen molar-refractivity contribution in [1.29, 1.82) is 0 Å². The van der Waals surface area contributed by atoms with E-state index in [4.69, 9.17) is 21.1 Å². The molecule has 0 unspecified atom stereocenters. The number of hydrogen-bond donors (Lipinski definition) is 1. The van der Waals surface area contributed by atoms with Gasteiger partial charge in [-0.05, 0) is 6.92 Å². The van der Waals surface area contributed by atoms with Gasteiger partial charge in [0, 0.05) is 11.6 Å². The smallest absolute Gasteiger partial charge is 0.231 e. The van der Waals surface area contributed by atoms with Gasteiger partial charge in [-0.15, -0.1) is 0 Å². The molecule has 64 valence electrons. The SMILES string of the molecule is Cc1c(O)c(Cl)cc2c1OCO2. The van der Waals surface area contributed by atoms with Crippen LogP contribution in [0.1, 0.15) is 5.56 Å². The van der Waals surface area contributed by atoms with E-state index in [1.807, 2.05) is 0 Å². The Morgan fingerprint density at radius 2 is 2.25 bits per heavy atom. The molecule has 1 aromatic carbocycles. The number of halogens is 1. The monoisotopic (exact) mass is 186 g/mol. The van der Waals surface area contributed by atoms with Gasteiger partial charge < -0.3 is 14.6 Å². The Labute approximate surface area is 74.5 Å². The number of phenolic OH excluding ortho intramolecular Hbond substituents is 1. The third kappa shape index (κ3) is 0.898. The van der Waals surface area contributed by atoms with Crippen LogP contribution in [0.3, 0.4) is 0 Å². The van der Waals surface area contributed by atoms with Crippen molar-refractivity contribution in [2.24, 2.45) is 0 Å². The third-order valence-corrected chi connectivity index (χ3v) is 2.11. The summed E-state index contributed by atoms with van der Waals surface area (Å²) in [5.74, 6) is 1.23. The zero-order chi connectivity index (χ0) is 8.72. The predicted molar refractivity (Wildman–Crippen MR) is 44.0 cm³/mol. The minimum atomic E-state index is 0.0564. The molecule has 12 heavy (non-hydrogen) atoms. The molecular formula is C8H7ClO3. The normalized spacial score (nSPS) is 13.5. The summed E-state index contributed by atoms with van der Waals surface area (Å²) >= 11 is 5.71. The summed E-state index contributed by atoms with van der Waals surface area (Å²) in [4.78, 5) is 0. The van der Waals surface area contributed by atoms with E-state index in [-0.39, 0.29) is 17.6 Å². The van der Waals surface area contributed by atoms with Crippen LogP contribution in [0.15, 0.2) is 6.07 Å². The van der Waals surface area contributed by atoms with E-state index in [1.54, 1.807) is 13.0 Å². The molecule has 0 spiro atoms. The van der Waals surface area contributed by atoms with Crippen LogP contribution in [-0.4, -0.2) is 11.9 Å². The van der Waals surface area contributed by atoms with E-state index in [0.29, 0.717) is 17.1 Å². The molecule has 3 nitrogen and oxygen atoms in total. The summed E-state index contributed by atoms with van der Waals surface area (Å²) in [5.41, 5.74) is 0.620. The van der Waals surface area contributed by atoms with Crippen molar-refractivity contribution in [2.75, 3.05) is 6.79 Å². The molecule has 0 amide bonds. The van der Waals surface area contributed by atoms with Gasteiger partial charge in [0.05, 0.1) is 5.02 Å². The predicted octanol–water partition coefficient (Wildman–Crippen LogP) is 2.08. The van der Waals surface area contributed by atoms with Crippen LogP contribution in [0.25, 0.3) is 0 Å². The molecule has 1 aliphatic rings. The Balaban J connectivity index is 2.67. The molecule has 0 bridgehead atoms. The fourth-order valence-corrected chi connectivity index (χ4v) is 1.40. The first-order chi connectivity index (χ1) is 5.70. The van der Waals surface area contributed by atoms with Crippen molar-refractivity contribution >= 4 is 11.6 Å². The highest BCUT2D eigenvalue weighted by atomic mass is 35.5. The fourth-order valence-electron chi connectivity index (χ4n) is 1.16. The average Bonchev–Trinajstić information content (AvgIpc) is 2.48. The largest absolute Gasteiger partial charge is 0.506 e. The van der Waals surface area contributed by atoms with Crippen LogP contribution >= 0.6 is 11.6 Å². The zero-order valence-corrected chi connectivity index (χ0v) is 7.18. The molecular weight excluding hydrogens is 180 g/mol. The zero-order valence-electron chi connectivity index (χ0n) is 6.43. The Bertz CT molecular complexity index is 336. The van der Waals surface area contributed by atoms with Crippen molar-refractivity contribution < 1.29 is 14.6 Å². The highest BCUT2D eigenvalue weighted by Gasteiger charge is 2.20. The van der Waals surface area contributed by atoms with E-state index < -0.39 is 0 Å². The molecule has 0 aromatic heterocycles. The number of fused-ring (bicyclic) bond motifs is 1. The second-order valence-corrected chi connectivity index (χ2v) is 2.97. The molecule has 0 saturated heterocycles. The minimum Gasteiger partial charge on any atom is -0.506 e. The van der Waals surface area contributed by atoms with Crippen LogP contribution < -0.4 is 9.47 Å². The van der Waals surface area contributed by atoms with Gasteiger partial charge in [0.1, 0.15) is 5.75 Å². The van der Waals surface area contributed by atoms with E-state index in [0.717, 1.165) is 0 Å². The Morgan fingerprint density at radius 3 is 3.00 bits per heavy atom. The van der Waals surface area contributed by atoms with Crippen LogP contribution in [0, 0.1) is 6.92 Å². The van der Waals surface area contributed by atoms with E-state index >= 15 is 0 Å². The lowest BCUT2D eigenvalue weighted by atomic mass is 10.2. The lowest BCUT2D eigenvalue weighted by molar-refractivity contribution is 0.173. The van der Waals surface area contributed by atoms with Crippen LogP contribution in [0.2, 0.25) is 5.02 Å². The van der Waals surface area contributed by atoms with Gasteiger partial charge in [0.2, 0.25) is 6.79 Å². The average molecular weight is 187 g/mol. The van der Waals surface area contributed by atoms with E-state index in [9.17, 15) is 5.11 Å². The number of rotatable bonds is 0. The third-order valence-electron chi connectivity index (χ3n) is 1.82. The molecule has 0 aliphatic carbocycles. The second-order valence-electron chi connectivity index (χ2n) is 2.57. The Kier molecular flexibility index (Phi) is 1.54. The van der Waals surface area contributed by atoms with Gasteiger partial charge in [-0.1, -0.05) is 11.6 Å². The van der Waals surface area contributed by atoms with Gasteiger partial charge in [-0.3, -0.25) is 0 Å². The molecule has 4 heteroatoms. The number of phenols is 1. The van der Waals surface area contributed by atoms with Crippen LogP contribution in [0.5, 0.6) is 17.2 Å². The van der Waals surface area contributed by atoms with Crippen molar-refractivity contribution in [3.63, 3.8) is 0 Å². The highest BCUT2D eigenvalue weighted by Crippen LogP contribution is 2.43. The lowest BCUT2D eigenvalue weighted by Crippen LogP contribution is -1.93. The summed E-state index contributed by atoms with van der Waals surface area (Å²) < 4.78 is 10.2. The number of hydrogen-bond acceptors (Lipinski definition) is 3. The van der Waals surface area contributed by atoms with Crippen molar-refractivity contribution in [3.8, 4) is 17.2 Å². The molecule has 2 rings (SSSR count). The molecule has 1 aromatic rings. The van der Waals surface area contributed by atoms with Crippen molar-refractivity contribution in [2.45, 2.75) is 6.92 Å². The lowest BCUT2D eigenvalue weighted by Gasteiger charge is -2.04. The molecule has 1 N–H and O–H groups in total. The number of aromatic hydroxyl groups is 1. The Morgan fingerprint density at radius 1 is 1.50 bits per heavy atom. The molecule has 0 atom stereocenters. The second kappa shape index (κ2) is 2.45. The van der Waals surface area contributed by atoms with Crippen LogP contribution in [-0.2, 0) is 0 Å². The molecule has 1 aliphatic heterocycles. The van der Waals surface area contributed by atoms with E-state index in [2.05, 4.69) is 0 Å². The molecule has 0 fully saturated rings. The maximum Gasteiger partial charge on any atom is 0.231 e. The number of benzene rings is 1. The minimum absolute atomic E-state index is 0.0564. The van der Waals surface area contributed by atoms with Gasteiger partial charge >= 0.3 is 0 Å². The van der Waals surface area contributed by atoms with E-state index in [1.165, 1.54) is 0 Å². The quantitative estimate of drug-likeness (QED) is 0.674. The van der Waals surface area contributed by atoms with Gasteiger partial charge in [-0.25, -0.2) is 0 Å². The topological polar surface area (TPSA) is 38.7 Å². The standard InChI is InChI=1S/C8H7ClO3/c1-4-7(10)5(9)2-6-8(4)12-3-11-6/h2,10H,3H2,1H3. The van der Waals surface area contributed by atoms with Crippen LogP contribution in [0.4, 0.5) is 0 Å². The van der Waals surface area contributed by atoms with Crippen molar-refractivity contribution in [3.05, 3.63) is 16.7 Å². The summed E-state index contributed by atoms with van der Waals surface area (Å²) in [6.45, 7) is 1.92.